The minimum atomic E-state index is 0.584. The van der Waals surface area contributed by atoms with Crippen LogP contribution in [0.1, 0.15) is 95.9 Å². The zero-order valence-corrected chi connectivity index (χ0v) is 23.3. The van der Waals surface area contributed by atoms with Crippen LogP contribution in [0.25, 0.3) is 11.1 Å². The summed E-state index contributed by atoms with van der Waals surface area (Å²) in [5.41, 5.74) is 18.4. The van der Waals surface area contributed by atoms with Crippen LogP contribution in [-0.4, -0.2) is 13.1 Å². The van der Waals surface area contributed by atoms with Gasteiger partial charge in [-0.15, -0.1) is 5.73 Å². The molecule has 1 aromatic rings. The van der Waals surface area contributed by atoms with Gasteiger partial charge >= 0.3 is 0 Å². The van der Waals surface area contributed by atoms with Crippen molar-refractivity contribution in [1.29, 1.82) is 0 Å². The largest absolute Gasteiger partial charge is 0.386 e. The maximum Gasteiger partial charge on any atom is 0.0258 e. The highest BCUT2D eigenvalue weighted by molar-refractivity contribution is 5.85. The Bertz CT molecular complexity index is 915. The van der Waals surface area contributed by atoms with Gasteiger partial charge in [0.25, 0.3) is 0 Å². The summed E-state index contributed by atoms with van der Waals surface area (Å²) in [6, 6.07) is 5.16. The van der Waals surface area contributed by atoms with Gasteiger partial charge in [-0.1, -0.05) is 70.1 Å². The first kappa shape index (κ1) is 31.5. The smallest absolute Gasteiger partial charge is 0.0258 e. The van der Waals surface area contributed by atoms with Gasteiger partial charge in [0.15, 0.2) is 0 Å². The first-order valence-electron chi connectivity index (χ1n) is 12.8. The Hall–Kier alpha value is -2.54. The van der Waals surface area contributed by atoms with E-state index in [-0.39, 0.29) is 0 Å². The molecule has 188 valence electrons. The topological polar surface area (TPSA) is 38.0 Å². The maximum atomic E-state index is 4.50. The fraction of sp³-hybridized carbons (Fsp3) is 0.469. The number of nitrogens with one attached hydrogen (secondary N) is 1. The van der Waals surface area contributed by atoms with Crippen molar-refractivity contribution in [1.82, 2.24) is 5.32 Å². The second-order valence-corrected chi connectivity index (χ2v) is 8.83. The van der Waals surface area contributed by atoms with E-state index >= 15 is 0 Å². The van der Waals surface area contributed by atoms with Crippen LogP contribution >= 0.6 is 0 Å². The van der Waals surface area contributed by atoms with Crippen molar-refractivity contribution in [2.75, 3.05) is 7.05 Å². The van der Waals surface area contributed by atoms with Crippen LogP contribution in [-0.2, 0) is 6.42 Å². The molecule has 0 bridgehead atoms. The van der Waals surface area contributed by atoms with Crippen LogP contribution in [0, 0.1) is 6.92 Å². The molecule has 0 aromatic heterocycles. The summed E-state index contributed by atoms with van der Waals surface area (Å²) in [6.45, 7) is 27.1. The molecule has 1 saturated carbocycles. The Morgan fingerprint density at radius 2 is 1.65 bits per heavy atom. The number of hydrogen-bond donors (Lipinski definition) is 2. The Kier molecular flexibility index (Phi) is 15.7. The predicted octanol–water partition coefficient (Wildman–Crippen LogP) is 8.69. The lowest BCUT2D eigenvalue weighted by Crippen LogP contribution is -2.30. The number of hydrogen-bond acceptors (Lipinski definition) is 2. The van der Waals surface area contributed by atoms with E-state index in [9.17, 15) is 0 Å². The summed E-state index contributed by atoms with van der Waals surface area (Å²) in [5, 5.41) is 3.68. The van der Waals surface area contributed by atoms with Gasteiger partial charge in [-0.05, 0) is 101 Å². The SMILES string of the molecule is C=C(Cc1cc(C)c(C(=C)C)c(C(=C=CC)/C=C(\C)C(=C)C)c1)NC1CCCCC1.CC.CN. The van der Waals surface area contributed by atoms with E-state index in [4.69, 9.17) is 0 Å². The third kappa shape index (κ3) is 10.2. The van der Waals surface area contributed by atoms with E-state index < -0.39 is 0 Å². The predicted molar refractivity (Wildman–Crippen MR) is 156 cm³/mol. The van der Waals surface area contributed by atoms with Crippen LogP contribution in [0.4, 0.5) is 0 Å². The summed E-state index contributed by atoms with van der Waals surface area (Å²) >= 11 is 0. The normalized spacial score (nSPS) is 13.3. The molecule has 0 amide bonds. The molecule has 2 rings (SSSR count). The monoisotopic (exact) mass is 462 g/mol. The number of nitrogens with two attached hydrogens (primary N) is 1. The second kappa shape index (κ2) is 17.0. The molecule has 1 aliphatic carbocycles. The van der Waals surface area contributed by atoms with Crippen LogP contribution in [0.2, 0.25) is 0 Å². The van der Waals surface area contributed by atoms with Gasteiger partial charge in [0, 0.05) is 23.7 Å². The molecule has 0 spiro atoms. The molecular formula is C32H50N2. The van der Waals surface area contributed by atoms with Crippen LogP contribution < -0.4 is 11.1 Å². The lowest BCUT2D eigenvalue weighted by Gasteiger charge is -2.25. The molecule has 2 nitrogen and oxygen atoms in total. The lowest BCUT2D eigenvalue weighted by atomic mass is 9.88. The van der Waals surface area contributed by atoms with E-state index in [1.54, 1.807) is 0 Å². The van der Waals surface area contributed by atoms with Crippen molar-refractivity contribution < 1.29 is 0 Å². The van der Waals surface area contributed by atoms with Gasteiger partial charge in [-0.25, -0.2) is 0 Å². The van der Waals surface area contributed by atoms with E-state index in [0.29, 0.717) is 6.04 Å². The average molecular weight is 463 g/mol. The second-order valence-electron chi connectivity index (χ2n) is 8.83. The van der Waals surface area contributed by atoms with Crippen LogP contribution in [0.5, 0.6) is 0 Å². The minimum absolute atomic E-state index is 0.584. The molecule has 34 heavy (non-hydrogen) atoms. The van der Waals surface area contributed by atoms with Gasteiger partial charge in [-0.3, -0.25) is 0 Å². The number of benzene rings is 1. The summed E-state index contributed by atoms with van der Waals surface area (Å²) < 4.78 is 0. The fourth-order valence-corrected chi connectivity index (χ4v) is 4.27. The minimum Gasteiger partial charge on any atom is -0.386 e. The lowest BCUT2D eigenvalue weighted by molar-refractivity contribution is 0.395. The zero-order chi connectivity index (χ0) is 26.3. The van der Waals surface area contributed by atoms with Gasteiger partial charge in [-0.2, -0.15) is 0 Å². The molecule has 0 atom stereocenters. The van der Waals surface area contributed by atoms with Crippen molar-refractivity contribution in [3.05, 3.63) is 88.8 Å². The first-order valence-corrected chi connectivity index (χ1v) is 12.8. The Morgan fingerprint density at radius 1 is 1.06 bits per heavy atom. The highest BCUT2D eigenvalue weighted by Crippen LogP contribution is 2.31. The molecule has 0 radical (unpaired) electrons. The first-order chi connectivity index (χ1) is 16.2. The highest BCUT2D eigenvalue weighted by Gasteiger charge is 2.16. The standard InChI is InChI=1S/C29H39N.C2H6.CH5N/c1-9-13-26(17-22(6)20(2)3)28-19-25(16-23(7)29(28)21(4)5)18-24(8)30-27-14-11-10-12-15-27;2*1-2/h9,16-17,19,27,30H,2,4,8,10-12,14-15,18H2,1,3,5-7H3;1-2H3;2H2,1H3/b22-17+;;. The van der Waals surface area contributed by atoms with Gasteiger partial charge in [0.1, 0.15) is 0 Å². The average Bonchev–Trinajstić information content (AvgIpc) is 2.81. The van der Waals surface area contributed by atoms with E-state index in [0.717, 1.165) is 28.8 Å². The van der Waals surface area contributed by atoms with Crippen molar-refractivity contribution >= 4 is 11.1 Å². The molecule has 0 unspecified atom stereocenters. The third-order valence-electron chi connectivity index (χ3n) is 5.88. The molecule has 0 saturated heterocycles. The van der Waals surface area contributed by atoms with Crippen molar-refractivity contribution in [3.8, 4) is 0 Å². The molecule has 1 aliphatic rings. The molecule has 3 N–H and O–H groups in total. The van der Waals surface area contributed by atoms with Crippen molar-refractivity contribution in [3.63, 3.8) is 0 Å². The summed E-state index contributed by atoms with van der Waals surface area (Å²) in [5.74, 6) is 0. The number of rotatable bonds is 8. The number of allylic oxidation sites excluding steroid dienone is 6. The van der Waals surface area contributed by atoms with Gasteiger partial charge in [0.2, 0.25) is 0 Å². The Labute approximate surface area is 211 Å². The van der Waals surface area contributed by atoms with Crippen molar-refractivity contribution in [2.24, 2.45) is 5.73 Å². The third-order valence-corrected chi connectivity index (χ3v) is 5.88. The molecular weight excluding hydrogens is 412 g/mol. The highest BCUT2D eigenvalue weighted by atomic mass is 14.9. The molecule has 1 aromatic carbocycles. The summed E-state index contributed by atoms with van der Waals surface area (Å²) in [4.78, 5) is 0. The summed E-state index contributed by atoms with van der Waals surface area (Å²) in [6.07, 6.45) is 11.5. The molecule has 2 heteroatoms. The number of aryl methyl sites for hydroxylation is 1. The van der Waals surface area contributed by atoms with E-state index in [1.807, 2.05) is 33.8 Å². The zero-order valence-electron chi connectivity index (χ0n) is 23.3. The summed E-state index contributed by atoms with van der Waals surface area (Å²) in [7, 11) is 1.50. The van der Waals surface area contributed by atoms with Crippen LogP contribution in [0.15, 0.2) is 66.6 Å². The van der Waals surface area contributed by atoms with Gasteiger partial charge < -0.3 is 11.1 Å². The van der Waals surface area contributed by atoms with Gasteiger partial charge in [0.05, 0.1) is 0 Å². The Balaban J connectivity index is 0.00000258. The maximum absolute atomic E-state index is 4.50. The molecule has 0 aliphatic heterocycles. The fourth-order valence-electron chi connectivity index (χ4n) is 4.27. The van der Waals surface area contributed by atoms with E-state index in [2.05, 4.69) is 75.5 Å². The molecule has 1 fully saturated rings. The Morgan fingerprint density at radius 3 is 2.15 bits per heavy atom. The van der Waals surface area contributed by atoms with Crippen molar-refractivity contribution in [2.45, 2.75) is 93.0 Å². The van der Waals surface area contributed by atoms with E-state index in [1.165, 1.54) is 67.0 Å². The van der Waals surface area contributed by atoms with Crippen LogP contribution in [0.3, 0.4) is 0 Å². The molecule has 0 heterocycles. The quantitative estimate of drug-likeness (QED) is 0.299.